The average Bonchev–Trinajstić information content (AvgIpc) is 2.80. The Labute approximate surface area is 125 Å². The van der Waals surface area contributed by atoms with Crippen LogP contribution in [-0.2, 0) is 11.8 Å². The number of carbonyl (C=O) groups is 1. The standard InChI is InChI=1S/C18H22N2O/c1-3-9-20-10-8-18(21)15(13-20)11-14-12-19(2)17-7-5-4-6-16(14)17/h4-7,11-12H,3,8-10,13H2,1-2H3/b15-11+. The second-order valence-electron chi connectivity index (χ2n) is 5.83. The van der Waals surface area contributed by atoms with E-state index < -0.39 is 0 Å². The molecule has 21 heavy (non-hydrogen) atoms. The van der Waals surface area contributed by atoms with E-state index in [1.807, 2.05) is 6.07 Å². The summed E-state index contributed by atoms with van der Waals surface area (Å²) in [5.41, 5.74) is 3.30. The topological polar surface area (TPSA) is 25.2 Å². The molecule has 0 aliphatic carbocycles. The van der Waals surface area contributed by atoms with E-state index in [9.17, 15) is 4.79 Å². The van der Waals surface area contributed by atoms with Crippen LogP contribution < -0.4 is 0 Å². The Morgan fingerprint density at radius 2 is 2.10 bits per heavy atom. The van der Waals surface area contributed by atoms with Crippen molar-refractivity contribution in [2.75, 3.05) is 19.6 Å². The lowest BCUT2D eigenvalue weighted by Crippen LogP contribution is -2.36. The number of Topliss-reactive ketones (excluding diaryl/α,β-unsaturated/α-hetero) is 1. The van der Waals surface area contributed by atoms with Gasteiger partial charge in [0.1, 0.15) is 0 Å². The number of likely N-dealkylation sites (tertiary alicyclic amines) is 1. The first kappa shape index (κ1) is 14.1. The highest BCUT2D eigenvalue weighted by Crippen LogP contribution is 2.24. The predicted molar refractivity (Wildman–Crippen MR) is 87.3 cm³/mol. The summed E-state index contributed by atoms with van der Waals surface area (Å²) in [5, 5.41) is 1.22. The van der Waals surface area contributed by atoms with Crippen molar-refractivity contribution in [3.63, 3.8) is 0 Å². The van der Waals surface area contributed by atoms with Gasteiger partial charge in [-0.05, 0) is 25.1 Å². The van der Waals surface area contributed by atoms with E-state index in [4.69, 9.17) is 0 Å². The van der Waals surface area contributed by atoms with Gasteiger partial charge in [-0.1, -0.05) is 25.1 Å². The lowest BCUT2D eigenvalue weighted by atomic mass is 10.00. The van der Waals surface area contributed by atoms with Gasteiger partial charge in [-0.15, -0.1) is 0 Å². The third-order valence-electron chi connectivity index (χ3n) is 4.20. The van der Waals surface area contributed by atoms with Crippen molar-refractivity contribution in [1.82, 2.24) is 9.47 Å². The van der Waals surface area contributed by atoms with Gasteiger partial charge in [0.25, 0.3) is 0 Å². The van der Waals surface area contributed by atoms with Crippen LogP contribution in [0.15, 0.2) is 36.0 Å². The number of piperidine rings is 1. The molecule has 3 rings (SSSR count). The maximum Gasteiger partial charge on any atom is 0.161 e. The summed E-state index contributed by atoms with van der Waals surface area (Å²) in [6.45, 7) is 4.94. The Bertz CT molecular complexity index is 696. The third kappa shape index (κ3) is 2.79. The monoisotopic (exact) mass is 282 g/mol. The van der Waals surface area contributed by atoms with E-state index in [0.717, 1.165) is 37.2 Å². The number of para-hydroxylation sites is 1. The molecule has 0 N–H and O–H groups in total. The van der Waals surface area contributed by atoms with Crippen LogP contribution in [-0.4, -0.2) is 34.9 Å². The van der Waals surface area contributed by atoms with Gasteiger partial charge < -0.3 is 4.57 Å². The quantitative estimate of drug-likeness (QED) is 0.807. The van der Waals surface area contributed by atoms with E-state index in [-0.39, 0.29) is 0 Å². The number of ketones is 1. The van der Waals surface area contributed by atoms with Crippen LogP contribution in [0.5, 0.6) is 0 Å². The predicted octanol–water partition coefficient (Wildman–Crippen LogP) is 3.25. The molecule has 0 unspecified atom stereocenters. The normalized spacial score (nSPS) is 18.8. The SMILES string of the molecule is CCCN1CCC(=O)/C(=C/c2cn(C)c3ccccc23)C1. The molecule has 1 aliphatic rings. The Morgan fingerprint density at radius 3 is 2.90 bits per heavy atom. The first-order chi connectivity index (χ1) is 10.2. The lowest BCUT2D eigenvalue weighted by Gasteiger charge is -2.27. The molecule has 0 radical (unpaired) electrons. The smallest absolute Gasteiger partial charge is 0.161 e. The minimum Gasteiger partial charge on any atom is -0.350 e. The highest BCUT2D eigenvalue weighted by molar-refractivity contribution is 6.03. The molecule has 0 atom stereocenters. The molecular formula is C18H22N2O. The molecule has 0 amide bonds. The van der Waals surface area contributed by atoms with Crippen molar-refractivity contribution in [2.45, 2.75) is 19.8 Å². The van der Waals surface area contributed by atoms with Crippen LogP contribution >= 0.6 is 0 Å². The molecular weight excluding hydrogens is 260 g/mol. The zero-order valence-corrected chi connectivity index (χ0v) is 12.8. The summed E-state index contributed by atoms with van der Waals surface area (Å²) in [6, 6.07) is 8.34. The van der Waals surface area contributed by atoms with Crippen LogP contribution in [0.4, 0.5) is 0 Å². The second-order valence-corrected chi connectivity index (χ2v) is 5.83. The fraction of sp³-hybridized carbons (Fsp3) is 0.389. The lowest BCUT2D eigenvalue weighted by molar-refractivity contribution is -0.117. The molecule has 0 bridgehead atoms. The van der Waals surface area contributed by atoms with Gasteiger partial charge in [0.2, 0.25) is 0 Å². The molecule has 1 saturated heterocycles. The Hall–Kier alpha value is -1.87. The van der Waals surface area contributed by atoms with Gasteiger partial charge in [0.15, 0.2) is 5.78 Å². The zero-order chi connectivity index (χ0) is 14.8. The minimum absolute atomic E-state index is 0.301. The molecule has 110 valence electrons. The van der Waals surface area contributed by atoms with Gasteiger partial charge in [0.05, 0.1) is 0 Å². The molecule has 3 heteroatoms. The first-order valence-corrected chi connectivity index (χ1v) is 7.69. The van der Waals surface area contributed by atoms with E-state index in [0.29, 0.717) is 12.2 Å². The largest absolute Gasteiger partial charge is 0.350 e. The van der Waals surface area contributed by atoms with E-state index in [1.165, 1.54) is 10.9 Å². The van der Waals surface area contributed by atoms with E-state index in [1.54, 1.807) is 0 Å². The van der Waals surface area contributed by atoms with Crippen molar-refractivity contribution in [3.05, 3.63) is 41.6 Å². The summed E-state index contributed by atoms with van der Waals surface area (Å²) >= 11 is 0. The Kier molecular flexibility index (Phi) is 3.93. The van der Waals surface area contributed by atoms with E-state index >= 15 is 0 Å². The van der Waals surface area contributed by atoms with Gasteiger partial charge >= 0.3 is 0 Å². The number of hydrogen-bond donors (Lipinski definition) is 0. The number of rotatable bonds is 3. The van der Waals surface area contributed by atoms with E-state index in [2.05, 4.69) is 53.9 Å². The number of aryl methyl sites for hydroxylation is 1. The maximum atomic E-state index is 12.2. The highest BCUT2D eigenvalue weighted by Gasteiger charge is 2.21. The second kappa shape index (κ2) is 5.86. The molecule has 3 nitrogen and oxygen atoms in total. The average molecular weight is 282 g/mol. The van der Waals surface area contributed by atoms with Gasteiger partial charge in [-0.25, -0.2) is 0 Å². The fourth-order valence-corrected chi connectivity index (χ4v) is 3.14. The Balaban J connectivity index is 1.96. The minimum atomic E-state index is 0.301. The van der Waals surface area contributed by atoms with Crippen LogP contribution in [0.25, 0.3) is 17.0 Å². The molecule has 1 aromatic heterocycles. The first-order valence-electron chi connectivity index (χ1n) is 7.69. The molecule has 1 aliphatic heterocycles. The third-order valence-corrected chi connectivity index (χ3v) is 4.20. The van der Waals surface area contributed by atoms with Crippen molar-refractivity contribution in [3.8, 4) is 0 Å². The summed E-state index contributed by atoms with van der Waals surface area (Å²) in [4.78, 5) is 14.6. The fourth-order valence-electron chi connectivity index (χ4n) is 3.14. The number of hydrogen-bond acceptors (Lipinski definition) is 2. The van der Waals surface area contributed by atoms with Crippen LogP contribution in [0.1, 0.15) is 25.3 Å². The van der Waals surface area contributed by atoms with Gasteiger partial charge in [-0.2, -0.15) is 0 Å². The summed E-state index contributed by atoms with van der Waals surface area (Å²) in [5.74, 6) is 0.301. The van der Waals surface area contributed by atoms with Crippen LogP contribution in [0, 0.1) is 0 Å². The number of benzene rings is 1. The molecule has 2 aromatic rings. The molecule has 0 spiro atoms. The highest BCUT2D eigenvalue weighted by atomic mass is 16.1. The van der Waals surface area contributed by atoms with Crippen molar-refractivity contribution in [2.24, 2.45) is 7.05 Å². The Morgan fingerprint density at radius 1 is 1.29 bits per heavy atom. The number of carbonyl (C=O) groups excluding carboxylic acids is 1. The molecule has 2 heterocycles. The molecule has 1 fully saturated rings. The van der Waals surface area contributed by atoms with Crippen molar-refractivity contribution >= 4 is 22.8 Å². The molecule has 1 aromatic carbocycles. The van der Waals surface area contributed by atoms with Crippen LogP contribution in [0.2, 0.25) is 0 Å². The number of nitrogens with zero attached hydrogens (tertiary/aromatic N) is 2. The zero-order valence-electron chi connectivity index (χ0n) is 12.8. The van der Waals surface area contributed by atoms with Crippen molar-refractivity contribution in [1.29, 1.82) is 0 Å². The maximum absolute atomic E-state index is 12.2. The van der Waals surface area contributed by atoms with Gasteiger partial charge in [0, 0.05) is 54.8 Å². The summed E-state index contributed by atoms with van der Waals surface area (Å²) in [7, 11) is 2.05. The van der Waals surface area contributed by atoms with Gasteiger partial charge in [-0.3, -0.25) is 9.69 Å². The number of fused-ring (bicyclic) bond motifs is 1. The summed E-state index contributed by atoms with van der Waals surface area (Å²) < 4.78 is 2.12. The van der Waals surface area contributed by atoms with Crippen LogP contribution in [0.3, 0.4) is 0 Å². The summed E-state index contributed by atoms with van der Waals surface area (Å²) in [6.07, 6.45) is 5.99. The molecule has 0 saturated carbocycles. The van der Waals surface area contributed by atoms with Crippen molar-refractivity contribution < 1.29 is 4.79 Å². The number of aromatic nitrogens is 1.